The molecule has 0 spiro atoms. The van der Waals surface area contributed by atoms with Crippen LogP contribution in [-0.2, 0) is 71.7 Å². The van der Waals surface area contributed by atoms with E-state index in [-0.39, 0.29) is 101 Å². The summed E-state index contributed by atoms with van der Waals surface area (Å²) < 4.78 is 21.1. The molecule has 20 nitrogen and oxygen atoms in total. The van der Waals surface area contributed by atoms with Gasteiger partial charge in [-0.15, -0.1) is 5.06 Å². The lowest BCUT2D eigenvalue weighted by Gasteiger charge is -2.12. The van der Waals surface area contributed by atoms with Gasteiger partial charge in [-0.1, -0.05) is 0 Å². The van der Waals surface area contributed by atoms with Crippen molar-refractivity contribution in [2.45, 2.75) is 64.2 Å². The lowest BCUT2D eigenvalue weighted by molar-refractivity contribution is -0.198. The Bertz CT molecular complexity index is 1380. The molecule has 3 heterocycles. The highest BCUT2D eigenvalue weighted by Crippen LogP contribution is 2.13. The Kier molecular flexibility index (Phi) is 25.6. The van der Waals surface area contributed by atoms with E-state index >= 15 is 0 Å². The Morgan fingerprint density at radius 3 is 1.32 bits per heavy atom. The van der Waals surface area contributed by atoms with E-state index in [4.69, 9.17) is 23.8 Å². The molecule has 0 saturated carbocycles. The molecule has 3 N–H and O–H groups in total. The number of carbonyl (C=O) groups excluding carboxylic acids is 10. The van der Waals surface area contributed by atoms with E-state index in [0.717, 1.165) is 9.80 Å². The fourth-order valence-corrected chi connectivity index (χ4v) is 4.66. The van der Waals surface area contributed by atoms with Gasteiger partial charge in [0.2, 0.25) is 5.91 Å². The lowest BCUT2D eigenvalue weighted by Crippen LogP contribution is -2.32. The number of amides is 7. The zero-order chi connectivity index (χ0) is 41.7. The summed E-state index contributed by atoms with van der Waals surface area (Å²) in [6.45, 7) is 2.71. The molecule has 0 atom stereocenters. The first-order valence-electron chi connectivity index (χ1n) is 18.2. The topological polar surface area (TPSA) is 265 Å². The van der Waals surface area contributed by atoms with Crippen LogP contribution in [0.25, 0.3) is 0 Å². The Balaban J connectivity index is 0.000000549. The van der Waals surface area contributed by atoms with Crippen molar-refractivity contribution >= 4 is 58.9 Å². The van der Waals surface area contributed by atoms with Crippen molar-refractivity contribution in [1.29, 1.82) is 0 Å². The van der Waals surface area contributed by atoms with Crippen molar-refractivity contribution in [3.05, 3.63) is 24.3 Å². The summed E-state index contributed by atoms with van der Waals surface area (Å²) in [5.41, 5.74) is 4.50. The molecule has 0 bridgehead atoms. The summed E-state index contributed by atoms with van der Waals surface area (Å²) in [5.74, 6) is -3.46. The molecule has 0 radical (unpaired) electrons. The molecule has 7 amide bonds. The van der Waals surface area contributed by atoms with Gasteiger partial charge in [0.05, 0.1) is 46.1 Å². The average molecular weight is 796 g/mol. The minimum Gasteiger partial charge on any atom is -0.379 e. The Morgan fingerprint density at radius 1 is 0.554 bits per heavy atom. The molecule has 20 heteroatoms. The summed E-state index contributed by atoms with van der Waals surface area (Å²) in [5, 5.41) is 2.99. The van der Waals surface area contributed by atoms with Crippen molar-refractivity contribution in [1.82, 2.24) is 20.2 Å². The van der Waals surface area contributed by atoms with E-state index in [1.54, 1.807) is 7.05 Å². The minimum absolute atomic E-state index is 0.00655. The summed E-state index contributed by atoms with van der Waals surface area (Å²) in [4.78, 5) is 121. The van der Waals surface area contributed by atoms with Gasteiger partial charge in [-0.05, 0) is 19.9 Å². The van der Waals surface area contributed by atoms with Crippen LogP contribution in [0.4, 0.5) is 0 Å². The number of hydroxylamine groups is 2. The predicted molar refractivity (Wildman–Crippen MR) is 193 cm³/mol. The standard InChI is InChI=1S/C19H24N2O9.C16H24N2O6.CH5N/c22-14(7-9-20-15(23)3-4-16(20)24)2-1-10-28-12-13-29-11-8-19(27)30-21-17(25)5-6-18(21)26;1-17-14(20)7-10-24-12-11-23-9-2-3-13(19)6-8-18-15(21)4-5-16(18)22;1-2/h3-4H,1-2,5-13H2;4-5H,2-3,6-12H2,1H3,(H,17,20);2H2,1H3. The summed E-state index contributed by atoms with van der Waals surface area (Å²) in [6, 6.07) is 0. The predicted octanol–water partition coefficient (Wildman–Crippen LogP) is -0.924. The summed E-state index contributed by atoms with van der Waals surface area (Å²) >= 11 is 0. The zero-order valence-corrected chi connectivity index (χ0v) is 32.0. The van der Waals surface area contributed by atoms with Crippen LogP contribution in [0.15, 0.2) is 24.3 Å². The number of hydrogen-bond acceptors (Lipinski definition) is 16. The normalized spacial score (nSPS) is 14.6. The van der Waals surface area contributed by atoms with Crippen molar-refractivity contribution in [3.8, 4) is 0 Å². The van der Waals surface area contributed by atoms with Gasteiger partial charge >= 0.3 is 5.97 Å². The van der Waals surface area contributed by atoms with Crippen LogP contribution in [0.2, 0.25) is 0 Å². The van der Waals surface area contributed by atoms with E-state index in [1.807, 2.05) is 0 Å². The molecule has 0 aliphatic carbocycles. The number of rotatable bonds is 27. The van der Waals surface area contributed by atoms with Gasteiger partial charge in [-0.3, -0.25) is 53.0 Å². The smallest absolute Gasteiger partial charge is 0.335 e. The number of ether oxygens (including phenoxy) is 4. The average Bonchev–Trinajstić information content (AvgIpc) is 3.81. The highest BCUT2D eigenvalue weighted by atomic mass is 16.7. The summed E-state index contributed by atoms with van der Waals surface area (Å²) in [6.07, 6.45) is 7.07. The first-order chi connectivity index (χ1) is 26.9. The highest BCUT2D eigenvalue weighted by Gasteiger charge is 2.32. The van der Waals surface area contributed by atoms with Gasteiger partial charge in [-0.2, -0.15) is 0 Å². The van der Waals surface area contributed by atoms with Crippen LogP contribution in [0, 0.1) is 0 Å². The Hall–Kier alpha value is -5.02. The van der Waals surface area contributed by atoms with Gasteiger partial charge in [0.1, 0.15) is 11.6 Å². The van der Waals surface area contributed by atoms with Gasteiger partial charge in [0.25, 0.3) is 35.4 Å². The van der Waals surface area contributed by atoms with E-state index in [0.29, 0.717) is 63.8 Å². The number of nitrogens with zero attached hydrogens (tertiary/aromatic N) is 3. The number of nitrogens with two attached hydrogens (primary N) is 1. The van der Waals surface area contributed by atoms with Crippen molar-refractivity contribution < 1.29 is 71.7 Å². The molecule has 0 unspecified atom stereocenters. The molecule has 312 valence electrons. The van der Waals surface area contributed by atoms with E-state index < -0.39 is 29.6 Å². The third-order valence-electron chi connectivity index (χ3n) is 7.66. The van der Waals surface area contributed by atoms with Gasteiger partial charge < -0.3 is 34.8 Å². The number of hydrogen-bond donors (Lipinski definition) is 2. The first kappa shape index (κ1) is 49.0. The molecular weight excluding hydrogens is 742 g/mol. The molecule has 1 saturated heterocycles. The molecule has 0 aromatic rings. The second kappa shape index (κ2) is 29.3. The molecule has 56 heavy (non-hydrogen) atoms. The first-order valence-corrected chi connectivity index (χ1v) is 18.2. The minimum atomic E-state index is -0.730. The maximum absolute atomic E-state index is 11.8. The van der Waals surface area contributed by atoms with Crippen LogP contribution in [-0.4, -0.2) is 154 Å². The molecular formula is C36H53N5O15. The number of ketones is 2. The molecule has 3 aliphatic rings. The van der Waals surface area contributed by atoms with Gasteiger partial charge in [-0.25, -0.2) is 4.79 Å². The number of carbonyl (C=O) groups is 10. The van der Waals surface area contributed by atoms with E-state index in [1.165, 1.54) is 31.4 Å². The number of nitrogens with one attached hydrogen (secondary N) is 1. The highest BCUT2D eigenvalue weighted by molar-refractivity contribution is 6.13. The van der Waals surface area contributed by atoms with Gasteiger partial charge in [0, 0.05) is 103 Å². The molecule has 3 aliphatic heterocycles. The van der Waals surface area contributed by atoms with Crippen LogP contribution in [0.1, 0.15) is 64.2 Å². The van der Waals surface area contributed by atoms with Crippen molar-refractivity contribution in [2.24, 2.45) is 5.73 Å². The molecule has 1 fully saturated rings. The second-order valence-electron chi connectivity index (χ2n) is 11.8. The second-order valence-corrected chi connectivity index (χ2v) is 11.8. The SMILES string of the molecule is CN.CNC(=O)CCOCCOCCCC(=O)CCN1C(=O)C=CC1=O.O=C(CCCOCCOCCC(=O)ON1C(=O)CCC1=O)CCN1C(=O)C=CC1=O. The fourth-order valence-electron chi connectivity index (χ4n) is 4.66. The maximum Gasteiger partial charge on any atom is 0.335 e. The molecule has 0 aromatic carbocycles. The van der Waals surface area contributed by atoms with E-state index in [9.17, 15) is 47.9 Å². The number of Topliss-reactive ketones (excluding diaryl/α,β-unsaturated/α-hetero) is 2. The Labute approximate surface area is 324 Å². The number of imide groups is 3. The fraction of sp³-hybridized carbons (Fsp3) is 0.611. The molecule has 0 aromatic heterocycles. The van der Waals surface area contributed by atoms with Crippen molar-refractivity contribution in [3.63, 3.8) is 0 Å². The van der Waals surface area contributed by atoms with Crippen LogP contribution >= 0.6 is 0 Å². The Morgan fingerprint density at radius 2 is 0.929 bits per heavy atom. The van der Waals surface area contributed by atoms with E-state index in [2.05, 4.69) is 11.1 Å². The largest absolute Gasteiger partial charge is 0.379 e. The maximum atomic E-state index is 11.8. The van der Waals surface area contributed by atoms with Crippen molar-refractivity contribution in [2.75, 3.05) is 80.0 Å². The zero-order valence-electron chi connectivity index (χ0n) is 32.0. The van der Waals surface area contributed by atoms with Crippen LogP contribution < -0.4 is 11.1 Å². The van der Waals surface area contributed by atoms with Crippen LogP contribution in [0.3, 0.4) is 0 Å². The lowest BCUT2D eigenvalue weighted by atomic mass is 10.1. The third kappa shape index (κ3) is 20.6. The van der Waals surface area contributed by atoms with Crippen LogP contribution in [0.5, 0.6) is 0 Å². The quantitative estimate of drug-likeness (QED) is 0.0752. The van der Waals surface area contributed by atoms with Gasteiger partial charge in [0.15, 0.2) is 0 Å². The monoisotopic (exact) mass is 795 g/mol. The summed E-state index contributed by atoms with van der Waals surface area (Å²) in [7, 11) is 3.07. The third-order valence-corrected chi connectivity index (χ3v) is 7.66. The molecule has 3 rings (SSSR count).